The van der Waals surface area contributed by atoms with Crippen molar-refractivity contribution in [3.05, 3.63) is 33.8 Å². The standard InChI is InChI=1S/C10H8Cl2O2/c11-7-2-1-6(5-8(7)12)9-3-4-10(13)14-9/h1-2,5,9H,3-4H2/t9-/m0/s1. The van der Waals surface area contributed by atoms with Crippen molar-refractivity contribution in [2.24, 2.45) is 0 Å². The Kier molecular flexibility index (Phi) is 2.66. The third-order valence-electron chi connectivity index (χ3n) is 2.20. The molecule has 0 spiro atoms. The third-order valence-corrected chi connectivity index (χ3v) is 2.94. The summed E-state index contributed by atoms with van der Waals surface area (Å²) in [5.41, 5.74) is 0.908. The highest BCUT2D eigenvalue weighted by molar-refractivity contribution is 6.42. The summed E-state index contributed by atoms with van der Waals surface area (Å²) in [5, 5.41) is 1.01. The molecule has 14 heavy (non-hydrogen) atoms. The molecule has 1 aliphatic heterocycles. The van der Waals surface area contributed by atoms with E-state index in [1.54, 1.807) is 12.1 Å². The van der Waals surface area contributed by atoms with Gasteiger partial charge in [0.2, 0.25) is 0 Å². The third kappa shape index (κ3) is 1.86. The molecule has 0 unspecified atom stereocenters. The summed E-state index contributed by atoms with van der Waals surface area (Å²) in [7, 11) is 0. The van der Waals surface area contributed by atoms with E-state index < -0.39 is 0 Å². The number of carbonyl (C=O) groups is 1. The predicted molar refractivity (Wildman–Crippen MR) is 54.5 cm³/mol. The quantitative estimate of drug-likeness (QED) is 0.692. The summed E-state index contributed by atoms with van der Waals surface area (Å²) >= 11 is 11.6. The van der Waals surface area contributed by atoms with Crippen molar-refractivity contribution in [1.29, 1.82) is 0 Å². The van der Waals surface area contributed by atoms with Gasteiger partial charge in [0, 0.05) is 6.42 Å². The van der Waals surface area contributed by atoms with Gasteiger partial charge in [0.05, 0.1) is 10.0 Å². The molecule has 1 fully saturated rings. The molecule has 1 saturated heterocycles. The maximum atomic E-state index is 10.9. The molecule has 2 rings (SSSR count). The second-order valence-corrected chi connectivity index (χ2v) is 4.01. The second kappa shape index (κ2) is 3.79. The molecule has 0 aromatic heterocycles. The van der Waals surface area contributed by atoms with Gasteiger partial charge in [-0.1, -0.05) is 29.3 Å². The number of carbonyl (C=O) groups excluding carboxylic acids is 1. The molecule has 2 nitrogen and oxygen atoms in total. The van der Waals surface area contributed by atoms with Crippen molar-refractivity contribution in [1.82, 2.24) is 0 Å². The Hall–Kier alpha value is -0.730. The first-order valence-electron chi connectivity index (χ1n) is 4.31. The SMILES string of the molecule is O=C1CC[C@@H](c2ccc(Cl)c(Cl)c2)O1. The average Bonchev–Trinajstić information content (AvgIpc) is 2.57. The first kappa shape index (κ1) is 9.81. The highest BCUT2D eigenvalue weighted by Crippen LogP contribution is 2.32. The average molecular weight is 231 g/mol. The van der Waals surface area contributed by atoms with Crippen LogP contribution in [0.5, 0.6) is 0 Å². The molecule has 0 amide bonds. The van der Waals surface area contributed by atoms with Crippen molar-refractivity contribution >= 4 is 29.2 Å². The van der Waals surface area contributed by atoms with E-state index in [4.69, 9.17) is 27.9 Å². The van der Waals surface area contributed by atoms with Crippen LogP contribution in [-0.2, 0) is 9.53 Å². The lowest BCUT2D eigenvalue weighted by Gasteiger charge is -2.09. The van der Waals surface area contributed by atoms with Crippen molar-refractivity contribution in [2.45, 2.75) is 18.9 Å². The summed E-state index contributed by atoms with van der Waals surface area (Å²) in [6.45, 7) is 0. The van der Waals surface area contributed by atoms with Crippen LogP contribution in [0.25, 0.3) is 0 Å². The van der Waals surface area contributed by atoms with Gasteiger partial charge >= 0.3 is 5.97 Å². The summed E-state index contributed by atoms with van der Waals surface area (Å²) in [5.74, 6) is -0.152. The smallest absolute Gasteiger partial charge is 0.306 e. The van der Waals surface area contributed by atoms with E-state index in [0.717, 1.165) is 12.0 Å². The van der Waals surface area contributed by atoms with Gasteiger partial charge in [0.1, 0.15) is 6.10 Å². The van der Waals surface area contributed by atoms with E-state index >= 15 is 0 Å². The molecule has 4 heteroatoms. The highest BCUT2D eigenvalue weighted by atomic mass is 35.5. The Balaban J connectivity index is 2.24. The van der Waals surface area contributed by atoms with Gasteiger partial charge in [0.25, 0.3) is 0 Å². The number of rotatable bonds is 1. The fraction of sp³-hybridized carbons (Fsp3) is 0.300. The van der Waals surface area contributed by atoms with Gasteiger partial charge in [-0.05, 0) is 24.1 Å². The predicted octanol–water partition coefficient (Wildman–Crippen LogP) is 3.37. The van der Waals surface area contributed by atoms with E-state index in [9.17, 15) is 4.79 Å². The molecule has 0 N–H and O–H groups in total. The molecule has 1 aromatic carbocycles. The summed E-state index contributed by atoms with van der Waals surface area (Å²) in [4.78, 5) is 10.9. The van der Waals surface area contributed by atoms with Crippen LogP contribution >= 0.6 is 23.2 Å². The van der Waals surface area contributed by atoms with E-state index in [1.807, 2.05) is 6.07 Å². The molecule has 74 valence electrons. The minimum absolute atomic E-state index is 0.152. The molecule has 1 heterocycles. The lowest BCUT2D eigenvalue weighted by Crippen LogP contribution is -1.98. The maximum Gasteiger partial charge on any atom is 0.306 e. The van der Waals surface area contributed by atoms with Gasteiger partial charge in [-0.2, -0.15) is 0 Å². The van der Waals surface area contributed by atoms with Crippen molar-refractivity contribution in [3.63, 3.8) is 0 Å². The molecular weight excluding hydrogens is 223 g/mol. The Labute approximate surface area is 91.8 Å². The van der Waals surface area contributed by atoms with E-state index in [1.165, 1.54) is 0 Å². The fourth-order valence-electron chi connectivity index (χ4n) is 1.47. The molecule has 1 atom stereocenters. The number of cyclic esters (lactones) is 1. The van der Waals surface area contributed by atoms with Crippen LogP contribution in [0, 0.1) is 0 Å². The monoisotopic (exact) mass is 230 g/mol. The molecule has 1 aliphatic rings. The summed E-state index contributed by atoms with van der Waals surface area (Å²) in [6.07, 6.45) is 1.04. The molecule has 0 radical (unpaired) electrons. The van der Waals surface area contributed by atoms with Crippen molar-refractivity contribution < 1.29 is 9.53 Å². The van der Waals surface area contributed by atoms with Crippen LogP contribution in [0.15, 0.2) is 18.2 Å². The largest absolute Gasteiger partial charge is 0.457 e. The Morgan fingerprint density at radius 2 is 2.07 bits per heavy atom. The van der Waals surface area contributed by atoms with Gasteiger partial charge < -0.3 is 4.74 Å². The zero-order chi connectivity index (χ0) is 10.1. The maximum absolute atomic E-state index is 10.9. The minimum Gasteiger partial charge on any atom is -0.457 e. The van der Waals surface area contributed by atoms with Crippen LogP contribution in [0.2, 0.25) is 10.0 Å². The van der Waals surface area contributed by atoms with E-state index in [-0.39, 0.29) is 12.1 Å². The number of hydrogen-bond acceptors (Lipinski definition) is 2. The minimum atomic E-state index is -0.155. The molecule has 0 aliphatic carbocycles. The highest BCUT2D eigenvalue weighted by Gasteiger charge is 2.24. The molecule has 0 saturated carbocycles. The van der Waals surface area contributed by atoms with Crippen molar-refractivity contribution in [3.8, 4) is 0 Å². The zero-order valence-electron chi connectivity index (χ0n) is 7.30. The number of benzene rings is 1. The second-order valence-electron chi connectivity index (χ2n) is 3.19. The first-order chi connectivity index (χ1) is 6.66. The Morgan fingerprint density at radius 3 is 2.64 bits per heavy atom. The molecule has 0 bridgehead atoms. The summed E-state index contributed by atoms with van der Waals surface area (Å²) < 4.78 is 5.10. The van der Waals surface area contributed by atoms with Gasteiger partial charge in [-0.25, -0.2) is 0 Å². The molecular formula is C10H8Cl2O2. The van der Waals surface area contributed by atoms with E-state index in [2.05, 4.69) is 0 Å². The van der Waals surface area contributed by atoms with Gasteiger partial charge in [-0.3, -0.25) is 4.79 Å². The van der Waals surface area contributed by atoms with Crippen LogP contribution in [-0.4, -0.2) is 5.97 Å². The topological polar surface area (TPSA) is 26.3 Å². The lowest BCUT2D eigenvalue weighted by atomic mass is 10.1. The van der Waals surface area contributed by atoms with Crippen LogP contribution in [0.4, 0.5) is 0 Å². The molecule has 1 aromatic rings. The summed E-state index contributed by atoms with van der Waals surface area (Å²) in [6, 6.07) is 5.29. The van der Waals surface area contributed by atoms with Crippen molar-refractivity contribution in [2.75, 3.05) is 0 Å². The van der Waals surface area contributed by atoms with Crippen LogP contribution in [0.1, 0.15) is 24.5 Å². The van der Waals surface area contributed by atoms with Crippen LogP contribution in [0.3, 0.4) is 0 Å². The number of hydrogen-bond donors (Lipinski definition) is 0. The lowest BCUT2D eigenvalue weighted by molar-refractivity contribution is -0.141. The van der Waals surface area contributed by atoms with Gasteiger partial charge in [-0.15, -0.1) is 0 Å². The fourth-order valence-corrected chi connectivity index (χ4v) is 1.78. The first-order valence-corrected chi connectivity index (χ1v) is 5.07. The number of ether oxygens (including phenoxy) is 1. The number of halogens is 2. The Morgan fingerprint density at radius 1 is 1.29 bits per heavy atom. The van der Waals surface area contributed by atoms with E-state index in [0.29, 0.717) is 16.5 Å². The van der Waals surface area contributed by atoms with Crippen LogP contribution < -0.4 is 0 Å². The normalized spacial score (nSPS) is 21.0. The number of esters is 1. The van der Waals surface area contributed by atoms with Gasteiger partial charge in [0.15, 0.2) is 0 Å². The Bertz CT molecular complexity index is 376. The zero-order valence-corrected chi connectivity index (χ0v) is 8.81.